The van der Waals surface area contributed by atoms with Crippen LogP contribution in [0.25, 0.3) is 21.9 Å². The van der Waals surface area contributed by atoms with Crippen LogP contribution in [0.15, 0.2) is 70.0 Å². The predicted molar refractivity (Wildman–Crippen MR) is 126 cm³/mol. The van der Waals surface area contributed by atoms with Crippen molar-refractivity contribution >= 4 is 55.2 Å². The van der Waals surface area contributed by atoms with E-state index in [-0.39, 0.29) is 15.5 Å². The first kappa shape index (κ1) is 21.0. The van der Waals surface area contributed by atoms with Gasteiger partial charge in [-0.05, 0) is 49.2 Å². The van der Waals surface area contributed by atoms with E-state index in [1.807, 2.05) is 30.3 Å². The van der Waals surface area contributed by atoms with Gasteiger partial charge in [0, 0.05) is 35.6 Å². The van der Waals surface area contributed by atoms with Crippen LogP contribution in [0.4, 0.5) is 5.69 Å². The minimum Gasteiger partial charge on any atom is -0.456 e. The summed E-state index contributed by atoms with van der Waals surface area (Å²) in [6.07, 6.45) is 2.70. The number of halogens is 1. The monoisotopic (exact) mass is 468 g/mol. The summed E-state index contributed by atoms with van der Waals surface area (Å²) in [5.41, 5.74) is 2.05. The Morgan fingerprint density at radius 2 is 1.66 bits per heavy atom. The number of nitrogens with one attached hydrogen (secondary N) is 1. The summed E-state index contributed by atoms with van der Waals surface area (Å²) in [4.78, 5) is 13.0. The Bertz CT molecular complexity index is 1440. The number of piperidine rings is 1. The normalized spacial score (nSPS) is 15.3. The number of carbonyl (C=O) groups is 1. The number of hydrogen-bond acceptors (Lipinski definition) is 4. The van der Waals surface area contributed by atoms with Crippen LogP contribution in [0.1, 0.15) is 29.6 Å². The Hall–Kier alpha value is -2.87. The fourth-order valence-corrected chi connectivity index (χ4v) is 5.84. The van der Waals surface area contributed by atoms with Crippen LogP contribution >= 0.6 is 11.6 Å². The van der Waals surface area contributed by atoms with Crippen LogP contribution in [0.5, 0.6) is 0 Å². The summed E-state index contributed by atoms with van der Waals surface area (Å²) >= 11 is 6.25. The molecule has 0 saturated carbocycles. The number of anilines is 1. The molecular formula is C24H21ClN2O4S. The average Bonchev–Trinajstić information content (AvgIpc) is 3.17. The van der Waals surface area contributed by atoms with Gasteiger partial charge in [-0.15, -0.1) is 0 Å². The predicted octanol–water partition coefficient (Wildman–Crippen LogP) is 5.67. The van der Waals surface area contributed by atoms with Crippen molar-refractivity contribution in [2.75, 3.05) is 18.4 Å². The number of amides is 1. The summed E-state index contributed by atoms with van der Waals surface area (Å²) in [6, 6.07) is 17.4. The van der Waals surface area contributed by atoms with Crippen molar-refractivity contribution < 1.29 is 17.6 Å². The summed E-state index contributed by atoms with van der Waals surface area (Å²) in [7, 11) is -3.67. The second-order valence-electron chi connectivity index (χ2n) is 7.87. The van der Waals surface area contributed by atoms with E-state index in [2.05, 4.69) is 5.32 Å². The van der Waals surface area contributed by atoms with E-state index in [1.54, 1.807) is 12.1 Å². The minimum absolute atomic E-state index is 0.0710. The molecule has 4 aromatic rings. The molecule has 0 spiro atoms. The molecule has 0 bridgehead atoms. The third kappa shape index (κ3) is 3.77. The molecule has 0 unspecified atom stereocenters. The zero-order chi connectivity index (χ0) is 22.3. The third-order valence-electron chi connectivity index (χ3n) is 5.77. The Morgan fingerprint density at radius 1 is 0.906 bits per heavy atom. The minimum atomic E-state index is -3.67. The standard InChI is InChI=1S/C24H21ClN2O4S/c25-21-11-9-17(32(29,30)27-12-4-1-5-13-27)15-20(21)24(28)26-16-8-10-19-18-6-2-3-7-22(18)31-23(19)14-16/h2-3,6-11,14-15H,1,4-5,12-13H2,(H,26,28). The van der Waals surface area contributed by atoms with E-state index in [1.165, 1.54) is 22.5 Å². The molecule has 1 aliphatic heterocycles. The highest BCUT2D eigenvalue weighted by molar-refractivity contribution is 7.89. The van der Waals surface area contributed by atoms with Crippen molar-refractivity contribution in [1.82, 2.24) is 4.31 Å². The molecule has 3 aromatic carbocycles. The van der Waals surface area contributed by atoms with E-state index < -0.39 is 15.9 Å². The second-order valence-corrected chi connectivity index (χ2v) is 10.2. The van der Waals surface area contributed by atoms with Gasteiger partial charge in [0.15, 0.2) is 0 Å². The van der Waals surface area contributed by atoms with Gasteiger partial charge in [0.25, 0.3) is 5.91 Å². The van der Waals surface area contributed by atoms with Crippen molar-refractivity contribution in [3.8, 4) is 0 Å². The highest BCUT2D eigenvalue weighted by Crippen LogP contribution is 2.31. The first-order chi connectivity index (χ1) is 15.4. The quantitative estimate of drug-likeness (QED) is 0.418. The van der Waals surface area contributed by atoms with E-state index in [9.17, 15) is 13.2 Å². The first-order valence-electron chi connectivity index (χ1n) is 10.5. The van der Waals surface area contributed by atoms with Gasteiger partial charge >= 0.3 is 0 Å². The lowest BCUT2D eigenvalue weighted by atomic mass is 10.1. The van der Waals surface area contributed by atoms with Crippen LogP contribution < -0.4 is 5.32 Å². The van der Waals surface area contributed by atoms with Gasteiger partial charge in [-0.3, -0.25) is 4.79 Å². The maximum Gasteiger partial charge on any atom is 0.257 e. The SMILES string of the molecule is O=C(Nc1ccc2c(c1)oc1ccccc12)c1cc(S(=O)(=O)N2CCCCC2)ccc1Cl. The fourth-order valence-electron chi connectivity index (χ4n) is 4.10. The molecule has 0 aliphatic carbocycles. The van der Waals surface area contributed by atoms with Crippen molar-refractivity contribution in [3.05, 3.63) is 71.2 Å². The maximum atomic E-state index is 13.0. The Morgan fingerprint density at radius 3 is 2.47 bits per heavy atom. The van der Waals surface area contributed by atoms with Crippen LogP contribution in [-0.4, -0.2) is 31.7 Å². The smallest absolute Gasteiger partial charge is 0.257 e. The van der Waals surface area contributed by atoms with Gasteiger partial charge in [-0.2, -0.15) is 4.31 Å². The number of rotatable bonds is 4. The zero-order valence-electron chi connectivity index (χ0n) is 17.2. The average molecular weight is 469 g/mol. The summed E-state index contributed by atoms with van der Waals surface area (Å²) < 4.78 is 33.3. The molecular weight excluding hydrogens is 448 g/mol. The number of furan rings is 1. The van der Waals surface area contributed by atoms with Crippen molar-refractivity contribution in [2.24, 2.45) is 0 Å². The molecule has 1 aromatic heterocycles. The van der Waals surface area contributed by atoms with Gasteiger partial charge in [-0.1, -0.05) is 36.2 Å². The number of hydrogen-bond donors (Lipinski definition) is 1. The lowest BCUT2D eigenvalue weighted by Crippen LogP contribution is -2.35. The molecule has 32 heavy (non-hydrogen) atoms. The highest BCUT2D eigenvalue weighted by atomic mass is 35.5. The summed E-state index contributed by atoms with van der Waals surface area (Å²) in [5.74, 6) is -0.485. The third-order valence-corrected chi connectivity index (χ3v) is 8.00. The molecule has 0 radical (unpaired) electrons. The van der Waals surface area contributed by atoms with Crippen LogP contribution in [0, 0.1) is 0 Å². The molecule has 1 saturated heterocycles. The summed E-state index contributed by atoms with van der Waals surface area (Å²) in [5, 5.41) is 4.94. The van der Waals surface area contributed by atoms with Crippen molar-refractivity contribution in [1.29, 1.82) is 0 Å². The Kier molecular flexibility index (Phi) is 5.41. The van der Waals surface area contributed by atoms with E-state index >= 15 is 0 Å². The van der Waals surface area contributed by atoms with Gasteiger partial charge in [0.2, 0.25) is 10.0 Å². The lowest BCUT2D eigenvalue weighted by molar-refractivity contribution is 0.102. The van der Waals surface area contributed by atoms with Gasteiger partial charge in [-0.25, -0.2) is 8.42 Å². The Labute approximate surface area is 190 Å². The number of para-hydroxylation sites is 1. The van der Waals surface area contributed by atoms with E-state index in [0.29, 0.717) is 24.4 Å². The zero-order valence-corrected chi connectivity index (χ0v) is 18.7. The molecule has 6 nitrogen and oxygen atoms in total. The number of benzene rings is 3. The van der Waals surface area contributed by atoms with E-state index in [4.69, 9.17) is 16.0 Å². The first-order valence-corrected chi connectivity index (χ1v) is 12.3. The van der Waals surface area contributed by atoms with Crippen molar-refractivity contribution in [3.63, 3.8) is 0 Å². The second kappa shape index (κ2) is 8.24. The van der Waals surface area contributed by atoms with Crippen molar-refractivity contribution in [2.45, 2.75) is 24.2 Å². The van der Waals surface area contributed by atoms with Crippen LogP contribution in [0.2, 0.25) is 5.02 Å². The number of sulfonamides is 1. The number of nitrogens with zero attached hydrogens (tertiary/aromatic N) is 1. The van der Waals surface area contributed by atoms with Crippen LogP contribution in [-0.2, 0) is 10.0 Å². The number of fused-ring (bicyclic) bond motifs is 3. The largest absolute Gasteiger partial charge is 0.456 e. The molecule has 2 heterocycles. The molecule has 1 fully saturated rings. The molecule has 8 heteroatoms. The topological polar surface area (TPSA) is 79.6 Å². The van der Waals surface area contributed by atoms with Crippen LogP contribution in [0.3, 0.4) is 0 Å². The van der Waals surface area contributed by atoms with Gasteiger partial charge in [0.1, 0.15) is 11.2 Å². The lowest BCUT2D eigenvalue weighted by Gasteiger charge is -2.26. The van der Waals surface area contributed by atoms with E-state index in [0.717, 1.165) is 35.6 Å². The maximum absolute atomic E-state index is 13.0. The molecule has 1 amide bonds. The molecule has 5 rings (SSSR count). The van der Waals surface area contributed by atoms with Gasteiger partial charge < -0.3 is 9.73 Å². The number of carbonyl (C=O) groups excluding carboxylic acids is 1. The molecule has 0 atom stereocenters. The Balaban J connectivity index is 1.44. The molecule has 1 N–H and O–H groups in total. The molecule has 164 valence electrons. The highest BCUT2D eigenvalue weighted by Gasteiger charge is 2.27. The fraction of sp³-hybridized carbons (Fsp3) is 0.208. The van der Waals surface area contributed by atoms with Gasteiger partial charge in [0.05, 0.1) is 15.5 Å². The summed E-state index contributed by atoms with van der Waals surface area (Å²) in [6.45, 7) is 0.980. The molecule has 1 aliphatic rings.